The zero-order chi connectivity index (χ0) is 10.7. The van der Waals surface area contributed by atoms with Gasteiger partial charge in [0.2, 0.25) is 0 Å². The van der Waals surface area contributed by atoms with E-state index in [1.807, 2.05) is 0 Å². The van der Waals surface area contributed by atoms with Crippen LogP contribution in [0.1, 0.15) is 51.4 Å². The molecule has 1 nitrogen and oxygen atoms in total. The van der Waals surface area contributed by atoms with Gasteiger partial charge in [-0.1, -0.05) is 12.8 Å². The highest BCUT2D eigenvalue weighted by Crippen LogP contribution is 2.65. The van der Waals surface area contributed by atoms with Crippen LogP contribution in [0, 0.1) is 35.5 Å². The topological polar surface area (TPSA) is 26.0 Å². The maximum Gasteiger partial charge on any atom is 0.00699 e. The molecule has 4 rings (SSSR count). The fourth-order valence-corrected chi connectivity index (χ4v) is 6.15. The van der Waals surface area contributed by atoms with Crippen LogP contribution in [0.4, 0.5) is 0 Å². The van der Waals surface area contributed by atoms with E-state index in [1.54, 1.807) is 19.3 Å². The Hall–Kier alpha value is -0.0400. The first-order valence-electron chi connectivity index (χ1n) is 7.62. The predicted molar refractivity (Wildman–Crippen MR) is 65.9 cm³/mol. The normalized spacial score (nSPS) is 59.4. The second kappa shape index (κ2) is 3.48. The number of hydrogen-bond acceptors (Lipinski definition) is 1. The van der Waals surface area contributed by atoms with E-state index in [0.29, 0.717) is 6.04 Å². The molecule has 0 aromatic rings. The van der Waals surface area contributed by atoms with Crippen molar-refractivity contribution >= 4 is 0 Å². The van der Waals surface area contributed by atoms with Gasteiger partial charge in [-0.3, -0.25) is 0 Å². The number of hydrogen-bond donors (Lipinski definition) is 1. The minimum atomic E-state index is 0.559. The van der Waals surface area contributed by atoms with Crippen molar-refractivity contribution in [3.8, 4) is 0 Å². The average Bonchev–Trinajstić information content (AvgIpc) is 2.89. The van der Waals surface area contributed by atoms with E-state index in [0.717, 1.165) is 35.5 Å². The second-order valence-electron chi connectivity index (χ2n) is 7.00. The Morgan fingerprint density at radius 3 is 1.88 bits per heavy atom. The molecule has 16 heavy (non-hydrogen) atoms. The highest BCUT2D eigenvalue weighted by molar-refractivity contribution is 5.08. The van der Waals surface area contributed by atoms with Crippen LogP contribution in [-0.4, -0.2) is 6.04 Å². The van der Waals surface area contributed by atoms with Gasteiger partial charge in [-0.25, -0.2) is 0 Å². The molecule has 4 fully saturated rings. The molecule has 0 heterocycles. The van der Waals surface area contributed by atoms with E-state index < -0.39 is 0 Å². The van der Waals surface area contributed by atoms with Crippen LogP contribution < -0.4 is 5.73 Å². The zero-order valence-electron chi connectivity index (χ0n) is 10.3. The van der Waals surface area contributed by atoms with Gasteiger partial charge < -0.3 is 5.73 Å². The molecule has 0 aromatic carbocycles. The van der Waals surface area contributed by atoms with Gasteiger partial charge in [0.1, 0.15) is 0 Å². The van der Waals surface area contributed by atoms with Crippen molar-refractivity contribution < 1.29 is 0 Å². The molecule has 4 aliphatic rings. The van der Waals surface area contributed by atoms with E-state index in [4.69, 9.17) is 5.73 Å². The summed E-state index contributed by atoms with van der Waals surface area (Å²) in [6.07, 6.45) is 11.9. The summed E-state index contributed by atoms with van der Waals surface area (Å²) >= 11 is 0. The molecule has 0 aliphatic heterocycles. The highest BCUT2D eigenvalue weighted by atomic mass is 14.7. The third kappa shape index (κ3) is 1.16. The van der Waals surface area contributed by atoms with E-state index in [2.05, 4.69) is 0 Å². The number of nitrogens with two attached hydrogens (primary N) is 1. The molecule has 7 atom stereocenters. The van der Waals surface area contributed by atoms with Gasteiger partial charge in [0.25, 0.3) is 0 Å². The smallest absolute Gasteiger partial charge is 0.00699 e. The van der Waals surface area contributed by atoms with Crippen molar-refractivity contribution in [3.63, 3.8) is 0 Å². The molecule has 1 heteroatoms. The number of rotatable bonds is 1. The van der Waals surface area contributed by atoms with E-state index in [9.17, 15) is 0 Å². The summed E-state index contributed by atoms with van der Waals surface area (Å²) in [4.78, 5) is 0. The first-order valence-corrected chi connectivity index (χ1v) is 7.62. The maximum atomic E-state index is 6.33. The fourth-order valence-electron chi connectivity index (χ4n) is 6.15. The first kappa shape index (κ1) is 9.94. The van der Waals surface area contributed by atoms with Crippen molar-refractivity contribution in [1.29, 1.82) is 0 Å². The van der Waals surface area contributed by atoms with Crippen LogP contribution in [0.3, 0.4) is 0 Å². The third-order valence-corrected chi connectivity index (χ3v) is 6.67. The summed E-state index contributed by atoms with van der Waals surface area (Å²) in [5.41, 5.74) is 6.33. The minimum absolute atomic E-state index is 0.559. The molecule has 4 saturated carbocycles. The lowest BCUT2D eigenvalue weighted by Gasteiger charge is -2.49. The molecule has 0 aromatic heterocycles. The lowest BCUT2D eigenvalue weighted by Crippen LogP contribution is -2.46. The molecule has 2 N–H and O–H groups in total. The molecule has 7 unspecified atom stereocenters. The van der Waals surface area contributed by atoms with Crippen molar-refractivity contribution in [2.45, 2.75) is 57.4 Å². The molecule has 0 spiro atoms. The van der Waals surface area contributed by atoms with Crippen LogP contribution in [0.25, 0.3) is 0 Å². The summed E-state index contributed by atoms with van der Waals surface area (Å²) < 4.78 is 0. The zero-order valence-corrected chi connectivity index (χ0v) is 10.3. The van der Waals surface area contributed by atoms with Crippen molar-refractivity contribution in [3.05, 3.63) is 0 Å². The molecular weight excluding hydrogens is 194 g/mol. The Kier molecular flexibility index (Phi) is 2.16. The van der Waals surface area contributed by atoms with Crippen LogP contribution in [-0.2, 0) is 0 Å². The Labute approximate surface area is 99.2 Å². The van der Waals surface area contributed by atoms with Crippen LogP contribution in [0.15, 0.2) is 0 Å². The minimum Gasteiger partial charge on any atom is -0.327 e. The monoisotopic (exact) mass is 219 g/mol. The maximum absolute atomic E-state index is 6.33. The summed E-state index contributed by atoms with van der Waals surface area (Å²) in [6, 6.07) is 0.559. The quantitative estimate of drug-likeness (QED) is 0.720. The average molecular weight is 219 g/mol. The lowest BCUT2D eigenvalue weighted by molar-refractivity contribution is -0.0130. The Morgan fingerprint density at radius 2 is 1.12 bits per heavy atom. The van der Waals surface area contributed by atoms with Crippen molar-refractivity contribution in [1.82, 2.24) is 0 Å². The molecule has 0 amide bonds. The summed E-state index contributed by atoms with van der Waals surface area (Å²) in [5, 5.41) is 0. The Balaban J connectivity index is 1.54. The van der Waals surface area contributed by atoms with E-state index >= 15 is 0 Å². The SMILES string of the molecule is NC1CCCC1C1CCC2C3CCCC3C12. The van der Waals surface area contributed by atoms with Gasteiger partial charge in [0.15, 0.2) is 0 Å². The van der Waals surface area contributed by atoms with Gasteiger partial charge in [-0.15, -0.1) is 0 Å². The largest absolute Gasteiger partial charge is 0.327 e. The van der Waals surface area contributed by atoms with Gasteiger partial charge >= 0.3 is 0 Å². The van der Waals surface area contributed by atoms with Gasteiger partial charge in [0, 0.05) is 6.04 Å². The lowest BCUT2D eigenvalue weighted by atomic mass is 9.56. The predicted octanol–water partition coefficient (Wildman–Crippen LogP) is 3.19. The van der Waals surface area contributed by atoms with Crippen molar-refractivity contribution in [2.24, 2.45) is 41.2 Å². The summed E-state index contributed by atoms with van der Waals surface area (Å²) in [7, 11) is 0. The standard InChI is InChI=1S/C15H25N/c16-14-6-2-4-10(14)13-8-7-12-9-3-1-5-11(9)15(12)13/h9-15H,1-8,16H2. The summed E-state index contributed by atoms with van der Waals surface area (Å²) in [5.74, 6) is 6.53. The third-order valence-electron chi connectivity index (χ3n) is 6.67. The summed E-state index contributed by atoms with van der Waals surface area (Å²) in [6.45, 7) is 0. The molecular formula is C15H25N. The first-order chi connectivity index (χ1) is 7.86. The fraction of sp³-hybridized carbons (Fsp3) is 1.00. The van der Waals surface area contributed by atoms with Gasteiger partial charge in [-0.05, 0) is 74.0 Å². The van der Waals surface area contributed by atoms with Gasteiger partial charge in [-0.2, -0.15) is 0 Å². The molecule has 0 radical (unpaired) electrons. The van der Waals surface area contributed by atoms with E-state index in [1.165, 1.54) is 32.1 Å². The Bertz CT molecular complexity index is 281. The van der Waals surface area contributed by atoms with Gasteiger partial charge in [0.05, 0.1) is 0 Å². The van der Waals surface area contributed by atoms with Crippen molar-refractivity contribution in [2.75, 3.05) is 0 Å². The molecule has 4 aliphatic carbocycles. The molecule has 90 valence electrons. The number of fused-ring (bicyclic) bond motifs is 4. The molecule has 0 bridgehead atoms. The van der Waals surface area contributed by atoms with Crippen LogP contribution in [0.5, 0.6) is 0 Å². The highest BCUT2D eigenvalue weighted by Gasteiger charge is 2.59. The van der Waals surface area contributed by atoms with E-state index in [-0.39, 0.29) is 0 Å². The van der Waals surface area contributed by atoms with Crippen LogP contribution in [0.2, 0.25) is 0 Å². The Morgan fingerprint density at radius 1 is 0.562 bits per heavy atom. The second-order valence-corrected chi connectivity index (χ2v) is 7.00. The molecule has 0 saturated heterocycles. The van der Waals surface area contributed by atoms with Crippen LogP contribution >= 0.6 is 0 Å².